The number of carbonyl (C=O) groups is 1. The second kappa shape index (κ2) is 6.25. The minimum atomic E-state index is -0.469. The van der Waals surface area contributed by atoms with Gasteiger partial charge >= 0.3 is 0 Å². The van der Waals surface area contributed by atoms with Crippen LogP contribution in [0.1, 0.15) is 11.3 Å². The van der Waals surface area contributed by atoms with Crippen molar-refractivity contribution in [3.8, 4) is 6.07 Å². The van der Waals surface area contributed by atoms with Crippen molar-refractivity contribution in [2.24, 2.45) is 0 Å². The summed E-state index contributed by atoms with van der Waals surface area (Å²) in [5.74, 6) is -0.349. The molecule has 0 unspecified atom stereocenters. The highest BCUT2D eigenvalue weighted by atomic mass is 35.5. The summed E-state index contributed by atoms with van der Waals surface area (Å²) in [6, 6.07) is 11.5. The minimum Gasteiger partial charge on any atom is -0.325 e. The van der Waals surface area contributed by atoms with Crippen LogP contribution in [0, 0.1) is 18.3 Å². The van der Waals surface area contributed by atoms with Gasteiger partial charge in [0.2, 0.25) is 5.91 Å². The molecular weight excluding hydrogens is 290 g/mol. The largest absolute Gasteiger partial charge is 0.325 e. The summed E-state index contributed by atoms with van der Waals surface area (Å²) in [5.41, 5.74) is 0.750. The Morgan fingerprint density at radius 2 is 1.95 bits per heavy atom. The third-order valence-corrected chi connectivity index (χ3v) is 3.19. The molecular formula is C15H12ClN3O2. The van der Waals surface area contributed by atoms with E-state index in [0.717, 1.165) is 0 Å². The molecule has 1 heterocycles. The lowest BCUT2D eigenvalue weighted by molar-refractivity contribution is -0.116. The van der Waals surface area contributed by atoms with Gasteiger partial charge in [0.05, 0.1) is 0 Å². The van der Waals surface area contributed by atoms with Crippen molar-refractivity contribution in [3.05, 3.63) is 63.0 Å². The smallest absolute Gasteiger partial charge is 0.269 e. The van der Waals surface area contributed by atoms with Crippen LogP contribution < -0.4 is 10.9 Å². The zero-order valence-electron chi connectivity index (χ0n) is 11.3. The standard InChI is InChI=1S/C15H12ClN3O2/c1-10-2-3-11(8-17)15(21)19(10)9-14(20)18-13-6-4-12(16)5-7-13/h2-7H,9H2,1H3,(H,18,20). The van der Waals surface area contributed by atoms with Crippen LogP contribution >= 0.6 is 11.6 Å². The highest BCUT2D eigenvalue weighted by Crippen LogP contribution is 2.13. The first-order valence-electron chi connectivity index (χ1n) is 6.17. The molecule has 6 heteroatoms. The molecule has 0 saturated heterocycles. The van der Waals surface area contributed by atoms with E-state index >= 15 is 0 Å². The number of nitrogens with one attached hydrogen (secondary N) is 1. The van der Waals surface area contributed by atoms with Gasteiger partial charge in [-0.25, -0.2) is 0 Å². The van der Waals surface area contributed by atoms with Crippen molar-refractivity contribution in [1.82, 2.24) is 4.57 Å². The van der Waals surface area contributed by atoms with Crippen molar-refractivity contribution >= 4 is 23.2 Å². The molecule has 106 valence electrons. The average Bonchev–Trinajstić information content (AvgIpc) is 2.46. The summed E-state index contributed by atoms with van der Waals surface area (Å²) < 4.78 is 1.27. The number of amides is 1. The molecule has 0 spiro atoms. The Kier molecular flexibility index (Phi) is 4.41. The molecule has 0 saturated carbocycles. The number of nitrogens with zero attached hydrogens (tertiary/aromatic N) is 2. The number of carbonyl (C=O) groups excluding carboxylic acids is 1. The summed E-state index contributed by atoms with van der Waals surface area (Å²) >= 11 is 5.76. The van der Waals surface area contributed by atoms with E-state index in [1.165, 1.54) is 10.6 Å². The lowest BCUT2D eigenvalue weighted by atomic mass is 10.2. The van der Waals surface area contributed by atoms with E-state index in [1.54, 1.807) is 37.3 Å². The molecule has 2 rings (SSSR count). The predicted molar refractivity (Wildman–Crippen MR) is 80.2 cm³/mol. The van der Waals surface area contributed by atoms with Gasteiger partial charge in [0, 0.05) is 16.4 Å². The number of pyridine rings is 1. The topological polar surface area (TPSA) is 74.9 Å². The zero-order valence-corrected chi connectivity index (χ0v) is 12.0. The van der Waals surface area contributed by atoms with Crippen molar-refractivity contribution < 1.29 is 4.79 Å². The molecule has 2 aromatic rings. The Morgan fingerprint density at radius 3 is 2.57 bits per heavy atom. The normalized spacial score (nSPS) is 9.95. The lowest BCUT2D eigenvalue weighted by Gasteiger charge is -2.10. The molecule has 1 amide bonds. The van der Waals surface area contributed by atoms with Crippen molar-refractivity contribution in [1.29, 1.82) is 5.26 Å². The van der Waals surface area contributed by atoms with Crippen LogP contribution in [0.15, 0.2) is 41.2 Å². The first kappa shape index (κ1) is 14.8. The number of halogens is 1. The van der Waals surface area contributed by atoms with Crippen LogP contribution in [0.3, 0.4) is 0 Å². The highest BCUT2D eigenvalue weighted by Gasteiger charge is 2.10. The predicted octanol–water partition coefficient (Wildman–Crippen LogP) is 2.32. The van der Waals surface area contributed by atoms with Gasteiger partial charge in [-0.05, 0) is 43.3 Å². The molecule has 1 aromatic carbocycles. The Balaban J connectivity index is 2.19. The fourth-order valence-electron chi connectivity index (χ4n) is 1.83. The average molecular weight is 302 g/mol. The Hall–Kier alpha value is -2.58. The monoisotopic (exact) mass is 301 g/mol. The zero-order chi connectivity index (χ0) is 15.4. The van der Waals surface area contributed by atoms with E-state index in [4.69, 9.17) is 16.9 Å². The van der Waals surface area contributed by atoms with Crippen LogP contribution in [0.2, 0.25) is 5.02 Å². The van der Waals surface area contributed by atoms with Gasteiger partial charge in [0.1, 0.15) is 18.2 Å². The first-order valence-corrected chi connectivity index (χ1v) is 6.55. The Bertz CT molecular complexity index is 773. The number of hydrogen-bond acceptors (Lipinski definition) is 3. The van der Waals surface area contributed by atoms with Crippen LogP contribution in [0.25, 0.3) is 0 Å². The molecule has 1 aromatic heterocycles. The van der Waals surface area contributed by atoms with Crippen LogP contribution in [-0.2, 0) is 11.3 Å². The van der Waals surface area contributed by atoms with Crippen molar-refractivity contribution in [2.75, 3.05) is 5.32 Å². The number of aryl methyl sites for hydroxylation is 1. The number of hydrogen-bond donors (Lipinski definition) is 1. The second-order valence-electron chi connectivity index (χ2n) is 4.45. The van der Waals surface area contributed by atoms with E-state index < -0.39 is 5.56 Å². The van der Waals surface area contributed by atoms with E-state index in [1.807, 2.05) is 6.07 Å². The van der Waals surface area contributed by atoms with Gasteiger partial charge in [0.25, 0.3) is 5.56 Å². The van der Waals surface area contributed by atoms with Gasteiger partial charge in [-0.1, -0.05) is 11.6 Å². The highest BCUT2D eigenvalue weighted by molar-refractivity contribution is 6.30. The molecule has 0 fully saturated rings. The van der Waals surface area contributed by atoms with Crippen LogP contribution in [0.5, 0.6) is 0 Å². The van der Waals surface area contributed by atoms with Crippen LogP contribution in [0.4, 0.5) is 5.69 Å². The molecule has 0 aliphatic rings. The molecule has 0 bridgehead atoms. The van der Waals surface area contributed by atoms with Crippen molar-refractivity contribution in [3.63, 3.8) is 0 Å². The van der Waals surface area contributed by atoms with Gasteiger partial charge in [0.15, 0.2) is 0 Å². The molecule has 5 nitrogen and oxygen atoms in total. The van der Waals surface area contributed by atoms with Gasteiger partial charge in [-0.2, -0.15) is 5.26 Å². The van der Waals surface area contributed by atoms with Gasteiger partial charge in [-0.3, -0.25) is 9.59 Å². The number of aromatic nitrogens is 1. The van der Waals surface area contributed by atoms with Crippen LogP contribution in [-0.4, -0.2) is 10.5 Å². The third kappa shape index (κ3) is 3.50. The summed E-state index contributed by atoms with van der Waals surface area (Å²) in [6.07, 6.45) is 0. The minimum absolute atomic E-state index is 0.0138. The third-order valence-electron chi connectivity index (χ3n) is 2.94. The first-order chi connectivity index (χ1) is 10.0. The summed E-state index contributed by atoms with van der Waals surface area (Å²) in [5, 5.41) is 12.1. The fraction of sp³-hybridized carbons (Fsp3) is 0.133. The SMILES string of the molecule is Cc1ccc(C#N)c(=O)n1CC(=O)Nc1ccc(Cl)cc1. The molecule has 0 radical (unpaired) electrons. The number of rotatable bonds is 3. The molecule has 0 aliphatic carbocycles. The summed E-state index contributed by atoms with van der Waals surface area (Å²) in [4.78, 5) is 24.0. The second-order valence-corrected chi connectivity index (χ2v) is 4.88. The lowest BCUT2D eigenvalue weighted by Crippen LogP contribution is -2.30. The fourth-order valence-corrected chi connectivity index (χ4v) is 1.96. The molecule has 21 heavy (non-hydrogen) atoms. The van der Waals surface area contributed by atoms with E-state index in [2.05, 4.69) is 5.32 Å². The molecule has 0 aliphatic heterocycles. The Morgan fingerprint density at radius 1 is 1.29 bits per heavy atom. The molecule has 1 N–H and O–H groups in total. The van der Waals surface area contributed by atoms with E-state index in [9.17, 15) is 9.59 Å². The summed E-state index contributed by atoms with van der Waals surface area (Å²) in [6.45, 7) is 1.56. The Labute approximate surface area is 126 Å². The quantitative estimate of drug-likeness (QED) is 0.945. The number of anilines is 1. The summed E-state index contributed by atoms with van der Waals surface area (Å²) in [7, 11) is 0. The maximum Gasteiger partial charge on any atom is 0.269 e. The maximum absolute atomic E-state index is 12.0. The maximum atomic E-state index is 12.0. The van der Waals surface area contributed by atoms with Crippen molar-refractivity contribution in [2.45, 2.75) is 13.5 Å². The van der Waals surface area contributed by atoms with Gasteiger partial charge in [-0.15, -0.1) is 0 Å². The number of benzene rings is 1. The van der Waals surface area contributed by atoms with Gasteiger partial charge < -0.3 is 9.88 Å². The molecule has 0 atom stereocenters. The number of nitriles is 1. The van der Waals surface area contributed by atoms with E-state index in [0.29, 0.717) is 16.4 Å². The van der Waals surface area contributed by atoms with E-state index in [-0.39, 0.29) is 18.0 Å².